The van der Waals surface area contributed by atoms with Crippen LogP contribution < -0.4 is 5.73 Å². The van der Waals surface area contributed by atoms with Crippen LogP contribution in [0, 0.1) is 5.92 Å². The molecule has 100 valence electrons. The quantitative estimate of drug-likeness (QED) is 0.720. The van der Waals surface area contributed by atoms with Gasteiger partial charge < -0.3 is 10.5 Å². The fourth-order valence-corrected chi connectivity index (χ4v) is 1.63. The summed E-state index contributed by atoms with van der Waals surface area (Å²) >= 11 is 0. The number of rotatable bonds is 8. The van der Waals surface area contributed by atoms with Crippen molar-refractivity contribution in [2.75, 3.05) is 6.61 Å². The first-order valence-electron chi connectivity index (χ1n) is 6.51. The van der Waals surface area contributed by atoms with Crippen LogP contribution in [0.4, 0.5) is 0 Å². The Morgan fingerprint density at radius 2 is 1.94 bits per heavy atom. The maximum absolute atomic E-state index is 11.7. The van der Waals surface area contributed by atoms with Gasteiger partial charge in [0, 0.05) is 25.0 Å². The number of ether oxygens (including phenoxy) is 1. The SMILES string of the molecule is CC(N)C(C)C(=O)CCCOCc1ccccc1. The average molecular weight is 249 g/mol. The highest BCUT2D eigenvalue weighted by Crippen LogP contribution is 2.07. The molecule has 0 saturated carbocycles. The van der Waals surface area contributed by atoms with E-state index in [1.165, 1.54) is 0 Å². The zero-order valence-corrected chi connectivity index (χ0v) is 11.3. The number of carbonyl (C=O) groups excluding carboxylic acids is 1. The van der Waals surface area contributed by atoms with Crippen molar-refractivity contribution in [1.82, 2.24) is 0 Å². The molecule has 1 rings (SSSR count). The summed E-state index contributed by atoms with van der Waals surface area (Å²) in [5.74, 6) is 0.174. The minimum Gasteiger partial charge on any atom is -0.377 e. The third kappa shape index (κ3) is 5.43. The van der Waals surface area contributed by atoms with Crippen LogP contribution in [-0.2, 0) is 16.1 Å². The molecule has 3 nitrogen and oxygen atoms in total. The lowest BCUT2D eigenvalue weighted by atomic mass is 9.96. The maximum Gasteiger partial charge on any atom is 0.137 e. The van der Waals surface area contributed by atoms with E-state index < -0.39 is 0 Å². The van der Waals surface area contributed by atoms with Crippen molar-refractivity contribution in [3.05, 3.63) is 35.9 Å². The van der Waals surface area contributed by atoms with Gasteiger partial charge in [-0.25, -0.2) is 0 Å². The van der Waals surface area contributed by atoms with Gasteiger partial charge in [0.25, 0.3) is 0 Å². The summed E-state index contributed by atoms with van der Waals surface area (Å²) in [5, 5.41) is 0. The van der Waals surface area contributed by atoms with E-state index in [2.05, 4.69) is 0 Å². The Bertz CT molecular complexity index is 349. The van der Waals surface area contributed by atoms with Crippen molar-refractivity contribution in [3.63, 3.8) is 0 Å². The highest BCUT2D eigenvalue weighted by molar-refractivity contribution is 5.81. The Hall–Kier alpha value is -1.19. The average Bonchev–Trinajstić information content (AvgIpc) is 2.38. The van der Waals surface area contributed by atoms with Gasteiger partial charge in [-0.2, -0.15) is 0 Å². The predicted molar refractivity (Wildman–Crippen MR) is 73.2 cm³/mol. The Balaban J connectivity index is 2.11. The topological polar surface area (TPSA) is 52.3 Å². The van der Waals surface area contributed by atoms with E-state index in [1.54, 1.807) is 0 Å². The monoisotopic (exact) mass is 249 g/mol. The zero-order valence-electron chi connectivity index (χ0n) is 11.3. The van der Waals surface area contributed by atoms with E-state index in [9.17, 15) is 4.79 Å². The Labute approximate surface area is 109 Å². The molecule has 0 aliphatic carbocycles. The summed E-state index contributed by atoms with van der Waals surface area (Å²) in [7, 11) is 0. The second-order valence-electron chi connectivity index (χ2n) is 4.76. The smallest absolute Gasteiger partial charge is 0.137 e. The number of benzene rings is 1. The number of hydrogen-bond donors (Lipinski definition) is 1. The fourth-order valence-electron chi connectivity index (χ4n) is 1.63. The largest absolute Gasteiger partial charge is 0.377 e. The molecule has 0 radical (unpaired) electrons. The Morgan fingerprint density at radius 3 is 2.56 bits per heavy atom. The van der Waals surface area contributed by atoms with E-state index in [4.69, 9.17) is 10.5 Å². The zero-order chi connectivity index (χ0) is 13.4. The van der Waals surface area contributed by atoms with Crippen molar-refractivity contribution < 1.29 is 9.53 Å². The summed E-state index contributed by atoms with van der Waals surface area (Å²) in [5.41, 5.74) is 6.85. The van der Waals surface area contributed by atoms with Crippen molar-refractivity contribution in [3.8, 4) is 0 Å². The van der Waals surface area contributed by atoms with Crippen molar-refractivity contribution >= 4 is 5.78 Å². The van der Waals surface area contributed by atoms with Gasteiger partial charge in [-0.05, 0) is 18.9 Å². The molecule has 0 fully saturated rings. The number of carbonyl (C=O) groups is 1. The van der Waals surface area contributed by atoms with Crippen molar-refractivity contribution in [1.29, 1.82) is 0 Å². The van der Waals surface area contributed by atoms with Crippen LogP contribution in [0.1, 0.15) is 32.3 Å². The molecule has 2 N–H and O–H groups in total. The molecule has 1 aromatic carbocycles. The number of Topliss-reactive ketones (excluding diaryl/α,β-unsaturated/α-hetero) is 1. The van der Waals surface area contributed by atoms with Gasteiger partial charge in [-0.1, -0.05) is 37.3 Å². The van der Waals surface area contributed by atoms with E-state index in [0.29, 0.717) is 19.6 Å². The third-order valence-corrected chi connectivity index (χ3v) is 3.12. The van der Waals surface area contributed by atoms with Gasteiger partial charge in [0.15, 0.2) is 0 Å². The molecule has 2 unspecified atom stereocenters. The van der Waals surface area contributed by atoms with Crippen LogP contribution in [0.15, 0.2) is 30.3 Å². The summed E-state index contributed by atoms with van der Waals surface area (Å²) in [6, 6.07) is 9.96. The van der Waals surface area contributed by atoms with Gasteiger partial charge in [-0.15, -0.1) is 0 Å². The molecular weight excluding hydrogens is 226 g/mol. The highest BCUT2D eigenvalue weighted by Gasteiger charge is 2.15. The summed E-state index contributed by atoms with van der Waals surface area (Å²) < 4.78 is 5.53. The van der Waals surface area contributed by atoms with Crippen LogP contribution in [0.3, 0.4) is 0 Å². The minimum atomic E-state index is -0.0669. The lowest BCUT2D eigenvalue weighted by molar-refractivity contribution is -0.123. The first-order chi connectivity index (χ1) is 8.61. The molecule has 0 spiro atoms. The van der Waals surface area contributed by atoms with Crippen LogP contribution >= 0.6 is 0 Å². The van der Waals surface area contributed by atoms with Crippen molar-refractivity contribution in [2.45, 2.75) is 39.3 Å². The van der Waals surface area contributed by atoms with Crippen LogP contribution in [0.25, 0.3) is 0 Å². The van der Waals surface area contributed by atoms with Gasteiger partial charge >= 0.3 is 0 Å². The van der Waals surface area contributed by atoms with Gasteiger partial charge in [0.1, 0.15) is 5.78 Å². The maximum atomic E-state index is 11.7. The van der Waals surface area contributed by atoms with Crippen molar-refractivity contribution in [2.24, 2.45) is 11.7 Å². The molecular formula is C15H23NO2. The molecule has 1 aromatic rings. The van der Waals surface area contributed by atoms with E-state index in [0.717, 1.165) is 12.0 Å². The minimum absolute atomic E-state index is 0.0564. The second kappa shape index (κ2) is 8.01. The molecule has 0 saturated heterocycles. The molecule has 0 bridgehead atoms. The first-order valence-corrected chi connectivity index (χ1v) is 6.51. The molecule has 0 amide bonds. The van der Waals surface area contributed by atoms with Crippen LogP contribution in [0.2, 0.25) is 0 Å². The Kier molecular flexibility index (Phi) is 6.61. The summed E-state index contributed by atoms with van der Waals surface area (Å²) in [6.45, 7) is 4.98. The summed E-state index contributed by atoms with van der Waals surface area (Å²) in [6.07, 6.45) is 1.32. The number of hydrogen-bond acceptors (Lipinski definition) is 3. The number of nitrogens with two attached hydrogens (primary N) is 1. The third-order valence-electron chi connectivity index (χ3n) is 3.12. The van der Waals surface area contributed by atoms with E-state index in [1.807, 2.05) is 44.2 Å². The van der Waals surface area contributed by atoms with E-state index in [-0.39, 0.29) is 17.7 Å². The lowest BCUT2D eigenvalue weighted by Crippen LogP contribution is -2.30. The lowest BCUT2D eigenvalue weighted by Gasteiger charge is -2.13. The second-order valence-corrected chi connectivity index (χ2v) is 4.76. The first kappa shape index (κ1) is 14.9. The van der Waals surface area contributed by atoms with Gasteiger partial charge in [0.05, 0.1) is 6.61 Å². The van der Waals surface area contributed by atoms with Crippen LogP contribution in [0.5, 0.6) is 0 Å². The number of ketones is 1. The molecule has 3 heteroatoms. The standard InChI is InChI=1S/C15H23NO2/c1-12(13(2)16)15(17)9-6-10-18-11-14-7-4-3-5-8-14/h3-5,7-8,12-13H,6,9-11,16H2,1-2H3. The molecule has 0 heterocycles. The van der Waals surface area contributed by atoms with Crippen LogP contribution in [-0.4, -0.2) is 18.4 Å². The molecule has 0 aliphatic heterocycles. The van der Waals surface area contributed by atoms with Gasteiger partial charge in [0.2, 0.25) is 0 Å². The normalized spacial score (nSPS) is 14.2. The Morgan fingerprint density at radius 1 is 1.28 bits per heavy atom. The molecule has 18 heavy (non-hydrogen) atoms. The molecule has 0 aromatic heterocycles. The summed E-state index contributed by atoms with van der Waals surface area (Å²) in [4.78, 5) is 11.7. The van der Waals surface area contributed by atoms with Gasteiger partial charge in [-0.3, -0.25) is 4.79 Å². The predicted octanol–water partition coefficient (Wildman–Crippen LogP) is 2.54. The fraction of sp³-hybridized carbons (Fsp3) is 0.533. The van der Waals surface area contributed by atoms with E-state index >= 15 is 0 Å². The molecule has 0 aliphatic rings. The molecule has 2 atom stereocenters. The highest BCUT2D eigenvalue weighted by atomic mass is 16.5.